The van der Waals surface area contributed by atoms with Gasteiger partial charge in [0.1, 0.15) is 11.5 Å². The zero-order valence-electron chi connectivity index (χ0n) is 16.9. The second-order valence-electron chi connectivity index (χ2n) is 7.22. The molecule has 0 atom stereocenters. The average Bonchev–Trinajstić information content (AvgIpc) is 2.73. The van der Waals surface area contributed by atoms with Crippen molar-refractivity contribution in [2.45, 2.75) is 64.2 Å². The molecule has 0 aliphatic heterocycles. The van der Waals surface area contributed by atoms with Gasteiger partial charge in [-0.25, -0.2) is 0 Å². The highest BCUT2D eigenvalue weighted by Crippen LogP contribution is 2.33. The normalized spacial score (nSPS) is 11.1. The minimum Gasteiger partial charge on any atom is -0.493 e. The van der Waals surface area contributed by atoms with Crippen LogP contribution in [0.3, 0.4) is 0 Å². The summed E-state index contributed by atoms with van der Waals surface area (Å²) in [6.45, 7) is 1.51. The van der Waals surface area contributed by atoms with E-state index in [0.29, 0.717) is 0 Å². The molecular weight excluding hydrogens is 391 g/mol. The van der Waals surface area contributed by atoms with E-state index in [1.54, 1.807) is 0 Å². The quantitative estimate of drug-likeness (QED) is 0.200. The molecule has 156 valence electrons. The van der Waals surface area contributed by atoms with E-state index in [-0.39, 0.29) is 0 Å². The Morgan fingerprint density at radius 1 is 0.500 bits per heavy atom. The van der Waals surface area contributed by atoms with Crippen LogP contribution in [0.5, 0.6) is 11.5 Å². The van der Waals surface area contributed by atoms with Gasteiger partial charge in [-0.1, -0.05) is 62.8 Å². The van der Waals surface area contributed by atoms with Crippen LogP contribution in [0.15, 0.2) is 36.4 Å². The van der Waals surface area contributed by atoms with Crippen molar-refractivity contribution in [3.8, 4) is 11.5 Å². The van der Waals surface area contributed by atoms with Gasteiger partial charge in [-0.2, -0.15) is 0 Å². The molecule has 0 fully saturated rings. The van der Waals surface area contributed by atoms with Crippen LogP contribution in [-0.4, -0.2) is 25.0 Å². The first-order valence-corrected chi connectivity index (χ1v) is 11.8. The van der Waals surface area contributed by atoms with Gasteiger partial charge >= 0.3 is 0 Å². The monoisotopic (exact) mass is 424 g/mol. The molecule has 4 heteroatoms. The molecule has 0 heterocycles. The molecule has 0 radical (unpaired) electrons. The van der Waals surface area contributed by atoms with Crippen molar-refractivity contribution in [2.24, 2.45) is 0 Å². The molecule has 2 aromatic rings. The van der Waals surface area contributed by atoms with E-state index in [2.05, 4.69) is 24.3 Å². The average molecular weight is 425 g/mol. The van der Waals surface area contributed by atoms with Crippen molar-refractivity contribution in [1.82, 2.24) is 0 Å². The first-order valence-electron chi connectivity index (χ1n) is 10.8. The largest absolute Gasteiger partial charge is 0.493 e. The van der Waals surface area contributed by atoms with Gasteiger partial charge in [-0.15, -0.1) is 23.2 Å². The highest BCUT2D eigenvalue weighted by molar-refractivity contribution is 6.18. The van der Waals surface area contributed by atoms with E-state index < -0.39 is 0 Å². The van der Waals surface area contributed by atoms with Crippen LogP contribution >= 0.6 is 23.2 Å². The number of halogens is 2. The van der Waals surface area contributed by atoms with Crippen molar-refractivity contribution in [3.63, 3.8) is 0 Å². The topological polar surface area (TPSA) is 18.5 Å². The molecule has 0 saturated carbocycles. The Hall–Kier alpha value is -1.12. The van der Waals surface area contributed by atoms with E-state index >= 15 is 0 Å². The zero-order valence-corrected chi connectivity index (χ0v) is 18.4. The predicted octanol–water partition coefficient (Wildman–Crippen LogP) is 7.98. The number of alkyl halides is 2. The summed E-state index contributed by atoms with van der Waals surface area (Å²) in [6, 6.07) is 12.4. The molecule has 0 saturated heterocycles. The maximum Gasteiger partial charge on any atom is 0.127 e. The lowest BCUT2D eigenvalue weighted by atomic mass is 10.1. The lowest BCUT2D eigenvalue weighted by Gasteiger charge is -2.13. The molecule has 2 nitrogen and oxygen atoms in total. The molecule has 0 amide bonds. The minimum absolute atomic E-state index is 0.757. The fourth-order valence-corrected chi connectivity index (χ4v) is 3.69. The van der Waals surface area contributed by atoms with E-state index in [9.17, 15) is 0 Å². The SMILES string of the molecule is ClCCCCCCCOc1ccc(OCCCCCCCCl)c2ccccc12. The van der Waals surface area contributed by atoms with E-state index in [0.717, 1.165) is 72.9 Å². The maximum absolute atomic E-state index is 6.07. The summed E-state index contributed by atoms with van der Waals surface area (Å²) in [5.41, 5.74) is 0. The molecule has 0 unspecified atom stereocenters. The summed E-state index contributed by atoms with van der Waals surface area (Å²) >= 11 is 11.4. The molecule has 0 aliphatic rings. The third kappa shape index (κ3) is 8.49. The van der Waals surface area contributed by atoms with Crippen LogP contribution in [-0.2, 0) is 0 Å². The second kappa shape index (κ2) is 14.8. The van der Waals surface area contributed by atoms with Crippen molar-refractivity contribution < 1.29 is 9.47 Å². The first-order chi connectivity index (χ1) is 13.9. The molecule has 0 spiro atoms. The zero-order chi connectivity index (χ0) is 19.9. The number of fused-ring (bicyclic) bond motifs is 1. The third-order valence-electron chi connectivity index (χ3n) is 4.92. The number of unbranched alkanes of at least 4 members (excludes halogenated alkanes) is 8. The Morgan fingerprint density at radius 2 is 0.893 bits per heavy atom. The van der Waals surface area contributed by atoms with Crippen LogP contribution in [0.4, 0.5) is 0 Å². The Balaban J connectivity index is 1.81. The van der Waals surface area contributed by atoms with Gasteiger partial charge in [0.25, 0.3) is 0 Å². The minimum atomic E-state index is 0.757. The van der Waals surface area contributed by atoms with Gasteiger partial charge in [-0.3, -0.25) is 0 Å². The summed E-state index contributed by atoms with van der Waals surface area (Å²) in [5.74, 6) is 3.44. The maximum atomic E-state index is 6.07. The molecule has 28 heavy (non-hydrogen) atoms. The summed E-state index contributed by atoms with van der Waals surface area (Å²) in [7, 11) is 0. The number of ether oxygens (including phenoxy) is 2. The van der Waals surface area contributed by atoms with Crippen LogP contribution < -0.4 is 9.47 Å². The van der Waals surface area contributed by atoms with Crippen molar-refractivity contribution >= 4 is 34.0 Å². The van der Waals surface area contributed by atoms with E-state index in [1.807, 2.05) is 12.1 Å². The van der Waals surface area contributed by atoms with Gasteiger partial charge in [0.15, 0.2) is 0 Å². The molecule has 0 bridgehead atoms. The number of rotatable bonds is 16. The summed E-state index contributed by atoms with van der Waals surface area (Å²) in [4.78, 5) is 0. The Bertz CT molecular complexity index is 604. The number of hydrogen-bond donors (Lipinski definition) is 0. The fourth-order valence-electron chi connectivity index (χ4n) is 3.31. The van der Waals surface area contributed by atoms with Gasteiger partial charge in [0.05, 0.1) is 13.2 Å². The van der Waals surface area contributed by atoms with Crippen LogP contribution in [0.1, 0.15) is 64.2 Å². The summed E-state index contributed by atoms with van der Waals surface area (Å²) < 4.78 is 12.1. The Labute approximate surface area is 180 Å². The van der Waals surface area contributed by atoms with Gasteiger partial charge in [-0.05, 0) is 37.8 Å². The Kier molecular flexibility index (Phi) is 12.3. The van der Waals surface area contributed by atoms with E-state index in [1.165, 1.54) is 38.5 Å². The molecule has 0 aromatic heterocycles. The Morgan fingerprint density at radius 3 is 1.32 bits per heavy atom. The van der Waals surface area contributed by atoms with Crippen LogP contribution in [0.2, 0.25) is 0 Å². The summed E-state index contributed by atoms with van der Waals surface area (Å²) in [6.07, 6.45) is 11.7. The first kappa shape index (κ1) is 23.2. The molecular formula is C24H34Cl2O2. The van der Waals surface area contributed by atoms with Crippen LogP contribution in [0.25, 0.3) is 10.8 Å². The van der Waals surface area contributed by atoms with Crippen LogP contribution in [0, 0.1) is 0 Å². The lowest BCUT2D eigenvalue weighted by Crippen LogP contribution is -2.00. The lowest BCUT2D eigenvalue weighted by molar-refractivity contribution is 0.301. The predicted molar refractivity (Wildman–Crippen MR) is 123 cm³/mol. The summed E-state index contributed by atoms with van der Waals surface area (Å²) in [5, 5.41) is 2.26. The second-order valence-corrected chi connectivity index (χ2v) is 7.97. The third-order valence-corrected chi connectivity index (χ3v) is 5.45. The number of benzene rings is 2. The smallest absolute Gasteiger partial charge is 0.127 e. The van der Waals surface area contributed by atoms with Crippen molar-refractivity contribution in [3.05, 3.63) is 36.4 Å². The fraction of sp³-hybridized carbons (Fsp3) is 0.583. The van der Waals surface area contributed by atoms with Gasteiger partial charge in [0.2, 0.25) is 0 Å². The van der Waals surface area contributed by atoms with E-state index in [4.69, 9.17) is 32.7 Å². The number of hydrogen-bond acceptors (Lipinski definition) is 2. The van der Waals surface area contributed by atoms with Crippen molar-refractivity contribution in [1.29, 1.82) is 0 Å². The van der Waals surface area contributed by atoms with Crippen molar-refractivity contribution in [2.75, 3.05) is 25.0 Å². The van der Waals surface area contributed by atoms with Gasteiger partial charge in [0, 0.05) is 22.5 Å². The van der Waals surface area contributed by atoms with Gasteiger partial charge < -0.3 is 9.47 Å². The highest BCUT2D eigenvalue weighted by Gasteiger charge is 2.08. The molecule has 2 aromatic carbocycles. The molecule has 2 rings (SSSR count). The molecule has 0 N–H and O–H groups in total. The highest BCUT2D eigenvalue weighted by atomic mass is 35.5. The standard InChI is InChI=1S/C24H34Cl2O2/c25-17-9-3-1-5-11-19-27-23-15-16-24(22-14-8-7-13-21(22)23)28-20-12-6-2-4-10-18-26/h7-8,13-16H,1-6,9-12,17-20H2. The molecule has 0 aliphatic carbocycles.